The molecule has 0 aliphatic carbocycles. The average molecular weight is 405 g/mol. The standard InChI is InChI=1S/C7H16N2.C6H14N2O.C6H14N2.2CH4/c1-8-6-4-3-5-7-9(8)2;1-7-3-5-9-6-4-8(7)2;1-7-5-3-4-6-8(7)2;;/h3-7H2,1-2H3;3-6H2,1-2H3;3-6H2,1-2H3;2*1H4. The molecule has 0 bridgehead atoms. The van der Waals surface area contributed by atoms with Crippen molar-refractivity contribution in [1.82, 2.24) is 30.1 Å². The van der Waals surface area contributed by atoms with E-state index in [2.05, 4.69) is 72.3 Å². The minimum absolute atomic E-state index is 0. The summed E-state index contributed by atoms with van der Waals surface area (Å²) in [5.74, 6) is 0. The maximum Gasteiger partial charge on any atom is 0.0608 e. The molecule has 0 radical (unpaired) electrons. The Labute approximate surface area is 177 Å². The summed E-state index contributed by atoms with van der Waals surface area (Å²) in [4.78, 5) is 0. The average Bonchev–Trinajstić information content (AvgIpc) is 2.93. The molecule has 3 heterocycles. The zero-order valence-electron chi connectivity index (χ0n) is 18.3. The highest BCUT2D eigenvalue weighted by Crippen LogP contribution is 2.06. The highest BCUT2D eigenvalue weighted by Gasteiger charge is 2.10. The third-order valence-corrected chi connectivity index (χ3v) is 5.54. The molecule has 0 N–H and O–H groups in total. The Morgan fingerprint density at radius 3 is 0.964 bits per heavy atom. The quantitative estimate of drug-likeness (QED) is 0.613. The molecule has 0 aromatic carbocycles. The normalized spacial score (nSPS) is 24.2. The third-order valence-electron chi connectivity index (χ3n) is 5.54. The van der Waals surface area contributed by atoms with Gasteiger partial charge in [0.05, 0.1) is 13.2 Å². The zero-order chi connectivity index (χ0) is 19.4. The molecular weight excluding hydrogens is 352 g/mol. The van der Waals surface area contributed by atoms with Crippen LogP contribution in [0.15, 0.2) is 0 Å². The first-order chi connectivity index (χ1) is 12.4. The van der Waals surface area contributed by atoms with Crippen LogP contribution < -0.4 is 0 Å². The fourth-order valence-corrected chi connectivity index (χ4v) is 3.06. The Bertz CT molecular complexity index is 295. The van der Waals surface area contributed by atoms with Crippen LogP contribution in [0.25, 0.3) is 0 Å². The van der Waals surface area contributed by atoms with Gasteiger partial charge in [0.1, 0.15) is 0 Å². The van der Waals surface area contributed by atoms with Crippen molar-refractivity contribution in [3.63, 3.8) is 0 Å². The van der Waals surface area contributed by atoms with Crippen LogP contribution in [0.2, 0.25) is 0 Å². The molecule has 3 rings (SSSR count). The Balaban J connectivity index is 0. The van der Waals surface area contributed by atoms with Crippen LogP contribution in [0.4, 0.5) is 0 Å². The van der Waals surface area contributed by atoms with Crippen molar-refractivity contribution in [2.45, 2.75) is 47.0 Å². The molecule has 3 aliphatic rings. The van der Waals surface area contributed by atoms with Gasteiger partial charge in [-0.1, -0.05) is 21.3 Å². The second-order valence-corrected chi connectivity index (χ2v) is 7.67. The summed E-state index contributed by atoms with van der Waals surface area (Å²) in [6, 6.07) is 0. The molecule has 0 unspecified atom stereocenters. The molecule has 0 atom stereocenters. The van der Waals surface area contributed by atoms with Gasteiger partial charge >= 0.3 is 0 Å². The second kappa shape index (κ2) is 17.6. The minimum Gasteiger partial charge on any atom is -0.379 e. The Hall–Kier alpha value is -0.280. The molecule has 28 heavy (non-hydrogen) atoms. The summed E-state index contributed by atoms with van der Waals surface area (Å²) < 4.78 is 5.25. The van der Waals surface area contributed by atoms with Gasteiger partial charge in [0.15, 0.2) is 0 Å². The number of hydrogen-bond donors (Lipinski definition) is 0. The Morgan fingerprint density at radius 1 is 0.393 bits per heavy atom. The largest absolute Gasteiger partial charge is 0.379 e. The van der Waals surface area contributed by atoms with Gasteiger partial charge in [-0.2, -0.15) is 0 Å². The molecule has 7 heteroatoms. The smallest absolute Gasteiger partial charge is 0.0608 e. The zero-order valence-corrected chi connectivity index (χ0v) is 18.3. The second-order valence-electron chi connectivity index (χ2n) is 7.67. The highest BCUT2D eigenvalue weighted by molar-refractivity contribution is 4.57. The summed E-state index contributed by atoms with van der Waals surface area (Å²) >= 11 is 0. The lowest BCUT2D eigenvalue weighted by Crippen LogP contribution is -2.41. The van der Waals surface area contributed by atoms with Crippen LogP contribution in [0.5, 0.6) is 0 Å². The summed E-state index contributed by atoms with van der Waals surface area (Å²) in [6.45, 7) is 8.68. The van der Waals surface area contributed by atoms with Gasteiger partial charge < -0.3 is 4.74 Å². The number of hydrogen-bond acceptors (Lipinski definition) is 7. The molecule has 0 saturated carbocycles. The van der Waals surface area contributed by atoms with Gasteiger partial charge in [-0.15, -0.1) is 0 Å². The van der Waals surface area contributed by atoms with Crippen molar-refractivity contribution < 1.29 is 4.74 Å². The molecule has 0 spiro atoms. The van der Waals surface area contributed by atoms with E-state index in [4.69, 9.17) is 4.74 Å². The summed E-state index contributed by atoms with van der Waals surface area (Å²) in [5.41, 5.74) is 0. The van der Waals surface area contributed by atoms with Crippen LogP contribution in [0.1, 0.15) is 47.0 Å². The fourth-order valence-electron chi connectivity index (χ4n) is 3.06. The van der Waals surface area contributed by atoms with Gasteiger partial charge in [0, 0.05) is 81.6 Å². The Kier molecular flexibility index (Phi) is 18.8. The monoisotopic (exact) mass is 404 g/mol. The SMILES string of the molecule is C.C.CN1CCCCCN1C.CN1CCCCN1C.CN1CCOCCN1C. The first kappa shape index (κ1) is 29.9. The molecule has 7 nitrogen and oxygen atoms in total. The van der Waals surface area contributed by atoms with E-state index in [9.17, 15) is 0 Å². The summed E-state index contributed by atoms with van der Waals surface area (Å²) in [5, 5.41) is 13.5. The molecule has 0 amide bonds. The molecule has 3 aliphatic heterocycles. The number of hydrazine groups is 3. The first-order valence-electron chi connectivity index (χ1n) is 10.3. The van der Waals surface area contributed by atoms with Crippen molar-refractivity contribution in [1.29, 1.82) is 0 Å². The van der Waals surface area contributed by atoms with E-state index in [-0.39, 0.29) is 14.9 Å². The van der Waals surface area contributed by atoms with Gasteiger partial charge in [-0.3, -0.25) is 0 Å². The number of rotatable bonds is 0. The maximum absolute atomic E-state index is 5.25. The van der Waals surface area contributed by atoms with E-state index in [1.807, 2.05) is 0 Å². The van der Waals surface area contributed by atoms with Crippen LogP contribution in [0, 0.1) is 0 Å². The van der Waals surface area contributed by atoms with Gasteiger partial charge in [-0.25, -0.2) is 30.1 Å². The molecule has 172 valence electrons. The van der Waals surface area contributed by atoms with Crippen molar-refractivity contribution in [2.24, 2.45) is 0 Å². The summed E-state index contributed by atoms with van der Waals surface area (Å²) in [6.07, 6.45) is 6.85. The van der Waals surface area contributed by atoms with Crippen LogP contribution in [-0.4, -0.2) is 125 Å². The van der Waals surface area contributed by atoms with E-state index in [1.54, 1.807) is 0 Å². The highest BCUT2D eigenvalue weighted by atomic mass is 16.5. The third kappa shape index (κ3) is 13.0. The lowest BCUT2D eigenvalue weighted by molar-refractivity contribution is -0.00111. The van der Waals surface area contributed by atoms with E-state index < -0.39 is 0 Å². The topological polar surface area (TPSA) is 28.7 Å². The van der Waals surface area contributed by atoms with Crippen LogP contribution >= 0.6 is 0 Å². The van der Waals surface area contributed by atoms with Crippen LogP contribution in [0.3, 0.4) is 0 Å². The van der Waals surface area contributed by atoms with Crippen molar-refractivity contribution in [3.05, 3.63) is 0 Å². The number of likely N-dealkylation sites (N-methyl/N-ethyl adjacent to an activating group) is 2. The molecule has 0 aromatic heterocycles. The summed E-state index contributed by atoms with van der Waals surface area (Å²) in [7, 11) is 12.7. The molecule has 3 saturated heterocycles. The Morgan fingerprint density at radius 2 is 0.643 bits per heavy atom. The van der Waals surface area contributed by atoms with E-state index in [0.717, 1.165) is 26.3 Å². The number of nitrogens with zero attached hydrogens (tertiary/aromatic N) is 6. The molecule has 0 aromatic rings. The van der Waals surface area contributed by atoms with Crippen molar-refractivity contribution in [2.75, 3.05) is 94.8 Å². The lowest BCUT2D eigenvalue weighted by Gasteiger charge is -2.32. The number of ether oxygens (including phenoxy) is 1. The maximum atomic E-state index is 5.25. The molecule has 3 fully saturated rings. The van der Waals surface area contributed by atoms with Crippen molar-refractivity contribution in [3.8, 4) is 0 Å². The van der Waals surface area contributed by atoms with E-state index in [1.165, 1.54) is 58.3 Å². The van der Waals surface area contributed by atoms with Gasteiger partial charge in [0.25, 0.3) is 0 Å². The lowest BCUT2D eigenvalue weighted by atomic mass is 10.2. The first-order valence-corrected chi connectivity index (χ1v) is 10.3. The van der Waals surface area contributed by atoms with E-state index in [0.29, 0.717) is 0 Å². The predicted octanol–water partition coefficient (Wildman–Crippen LogP) is 2.58. The van der Waals surface area contributed by atoms with Crippen molar-refractivity contribution >= 4 is 0 Å². The fraction of sp³-hybridized carbons (Fsp3) is 1.00. The van der Waals surface area contributed by atoms with Crippen LogP contribution in [-0.2, 0) is 4.74 Å². The predicted molar refractivity (Wildman–Crippen MR) is 123 cm³/mol. The minimum atomic E-state index is 0. The van der Waals surface area contributed by atoms with Gasteiger partial charge in [-0.05, 0) is 25.7 Å². The van der Waals surface area contributed by atoms with Gasteiger partial charge in [0.2, 0.25) is 0 Å². The molecular formula is C21H52N6O. The van der Waals surface area contributed by atoms with E-state index >= 15 is 0 Å².